The van der Waals surface area contributed by atoms with Gasteiger partial charge in [0.1, 0.15) is 6.10 Å². The van der Waals surface area contributed by atoms with Crippen LogP contribution >= 0.6 is 0 Å². The van der Waals surface area contributed by atoms with Gasteiger partial charge in [-0.1, -0.05) is 25.5 Å². The third-order valence-electron chi connectivity index (χ3n) is 5.72. The molecule has 2 aromatic heterocycles. The third-order valence-corrected chi connectivity index (χ3v) is 5.72. The first kappa shape index (κ1) is 23.2. The predicted octanol–water partition coefficient (Wildman–Crippen LogP) is 4.09. The Labute approximate surface area is 198 Å². The number of ether oxygens (including phenoxy) is 2. The number of hydrogen-bond donors (Lipinski definition) is 0. The molecule has 34 heavy (non-hydrogen) atoms. The summed E-state index contributed by atoms with van der Waals surface area (Å²) in [6, 6.07) is 13.3. The fraction of sp³-hybridized carbons (Fsp3) is 0.308. The summed E-state index contributed by atoms with van der Waals surface area (Å²) in [6.45, 7) is 2.82. The zero-order chi connectivity index (χ0) is 24.1. The maximum atomic E-state index is 12.7. The molecule has 1 aromatic carbocycles. The van der Waals surface area contributed by atoms with Crippen LogP contribution in [0.5, 0.6) is 5.88 Å². The Morgan fingerprint density at radius 1 is 1.24 bits per heavy atom. The lowest BCUT2D eigenvalue weighted by molar-refractivity contribution is -0.125. The Hall–Kier alpha value is -3.94. The van der Waals surface area contributed by atoms with E-state index in [2.05, 4.69) is 16.9 Å². The van der Waals surface area contributed by atoms with E-state index in [-0.39, 0.29) is 5.91 Å². The van der Waals surface area contributed by atoms with Crippen molar-refractivity contribution in [1.82, 2.24) is 14.9 Å². The predicted molar refractivity (Wildman–Crippen MR) is 131 cm³/mol. The first-order valence-corrected chi connectivity index (χ1v) is 11.3. The molecule has 0 aliphatic carbocycles. The molecule has 2 amide bonds. The van der Waals surface area contributed by atoms with Gasteiger partial charge in [0.2, 0.25) is 11.8 Å². The van der Waals surface area contributed by atoms with Crippen LogP contribution in [0.15, 0.2) is 54.7 Å². The molecule has 0 N–H and O–H groups in total. The number of carbonyl (C=O) groups is 2. The van der Waals surface area contributed by atoms with E-state index < -0.39 is 12.2 Å². The second-order valence-electron chi connectivity index (χ2n) is 8.21. The van der Waals surface area contributed by atoms with Crippen LogP contribution in [-0.2, 0) is 16.0 Å². The Kier molecular flexibility index (Phi) is 7.06. The molecule has 0 radical (unpaired) electrons. The Balaban J connectivity index is 1.39. The first-order chi connectivity index (χ1) is 16.5. The number of benzene rings is 1. The van der Waals surface area contributed by atoms with Crippen molar-refractivity contribution in [1.29, 1.82) is 0 Å². The molecule has 4 rings (SSSR count). The number of carbonyl (C=O) groups excluding carboxylic acids is 2. The maximum Gasteiger partial charge on any atom is 0.414 e. The van der Waals surface area contributed by atoms with Crippen LogP contribution in [0.2, 0.25) is 0 Å². The number of hydrogen-bond acceptors (Lipinski definition) is 6. The zero-order valence-corrected chi connectivity index (χ0v) is 19.6. The van der Waals surface area contributed by atoms with Crippen molar-refractivity contribution < 1.29 is 19.1 Å². The van der Waals surface area contributed by atoms with E-state index >= 15 is 0 Å². The highest BCUT2D eigenvalue weighted by molar-refractivity contribution is 5.95. The Morgan fingerprint density at radius 3 is 2.76 bits per heavy atom. The molecule has 0 bridgehead atoms. The number of aryl methyl sites for hydroxylation is 1. The van der Waals surface area contributed by atoms with E-state index in [1.54, 1.807) is 48.4 Å². The standard InChI is InChI=1S/C26H28N4O4/c1-4-5-18-6-9-20(10-7-18)30-17-21(34-26(30)32)16-29(2)24(31)13-8-19-14-15-27-22-11-12-23(33-3)28-25(19)22/h6-15,21H,4-5,16-17H2,1-3H3/t21-/m1/s1. The number of likely N-dealkylation sites (N-methyl/N-ethyl adjacent to an activating group) is 1. The number of amides is 2. The van der Waals surface area contributed by atoms with Crippen molar-refractivity contribution in [3.63, 3.8) is 0 Å². The molecule has 1 atom stereocenters. The molecule has 8 nitrogen and oxygen atoms in total. The molecule has 1 fully saturated rings. The van der Waals surface area contributed by atoms with Gasteiger partial charge in [0.05, 0.1) is 31.2 Å². The minimum absolute atomic E-state index is 0.203. The number of pyridine rings is 2. The molecule has 0 spiro atoms. The average molecular weight is 461 g/mol. The van der Waals surface area contributed by atoms with E-state index in [4.69, 9.17) is 9.47 Å². The highest BCUT2D eigenvalue weighted by Gasteiger charge is 2.33. The third kappa shape index (κ3) is 5.17. The molecule has 8 heteroatoms. The number of fused-ring (bicyclic) bond motifs is 1. The molecule has 0 saturated carbocycles. The van der Waals surface area contributed by atoms with Crippen LogP contribution in [0, 0.1) is 0 Å². The normalized spacial score (nSPS) is 15.7. The van der Waals surface area contributed by atoms with Crippen LogP contribution in [0.1, 0.15) is 24.5 Å². The van der Waals surface area contributed by atoms with Crippen LogP contribution in [0.3, 0.4) is 0 Å². The van der Waals surface area contributed by atoms with E-state index in [9.17, 15) is 9.59 Å². The van der Waals surface area contributed by atoms with Crippen LogP contribution < -0.4 is 9.64 Å². The van der Waals surface area contributed by atoms with Crippen molar-refractivity contribution in [2.75, 3.05) is 32.1 Å². The van der Waals surface area contributed by atoms with Gasteiger partial charge < -0.3 is 14.4 Å². The van der Waals surface area contributed by atoms with Crippen molar-refractivity contribution >= 4 is 34.8 Å². The molecule has 1 saturated heterocycles. The van der Waals surface area contributed by atoms with Crippen molar-refractivity contribution in [3.8, 4) is 5.88 Å². The summed E-state index contributed by atoms with van der Waals surface area (Å²) < 4.78 is 10.7. The molecular weight excluding hydrogens is 432 g/mol. The fourth-order valence-corrected chi connectivity index (χ4v) is 3.92. The highest BCUT2D eigenvalue weighted by atomic mass is 16.6. The van der Waals surface area contributed by atoms with E-state index in [1.165, 1.54) is 11.6 Å². The summed E-state index contributed by atoms with van der Waals surface area (Å²) in [5, 5.41) is 0. The van der Waals surface area contributed by atoms with E-state index in [0.29, 0.717) is 30.0 Å². The number of anilines is 1. The summed E-state index contributed by atoms with van der Waals surface area (Å²) in [6.07, 6.45) is 6.14. The minimum Gasteiger partial charge on any atom is -0.481 e. The van der Waals surface area contributed by atoms with Crippen molar-refractivity contribution in [3.05, 3.63) is 65.9 Å². The lowest BCUT2D eigenvalue weighted by Crippen LogP contribution is -2.35. The SMILES string of the molecule is CCCc1ccc(N2C[C@@H](CN(C)C(=O)C=Cc3ccnc4ccc(OC)nc34)OC2=O)cc1. The molecule has 1 aliphatic rings. The van der Waals surface area contributed by atoms with Gasteiger partial charge in [-0.2, -0.15) is 0 Å². The summed E-state index contributed by atoms with van der Waals surface area (Å²) in [5.74, 6) is 0.275. The van der Waals surface area contributed by atoms with Crippen LogP contribution in [0.4, 0.5) is 10.5 Å². The monoisotopic (exact) mass is 460 g/mol. The number of methoxy groups -OCH3 is 1. The molecule has 3 heterocycles. The van der Waals surface area contributed by atoms with Gasteiger partial charge >= 0.3 is 6.09 Å². The Bertz CT molecular complexity index is 1210. The smallest absolute Gasteiger partial charge is 0.414 e. The number of nitrogens with zero attached hydrogens (tertiary/aromatic N) is 4. The molecule has 0 unspecified atom stereocenters. The van der Waals surface area contributed by atoms with Gasteiger partial charge in [0.15, 0.2) is 0 Å². The summed E-state index contributed by atoms with van der Waals surface area (Å²) in [4.78, 5) is 37.0. The van der Waals surface area contributed by atoms with Crippen molar-refractivity contribution in [2.24, 2.45) is 0 Å². The highest BCUT2D eigenvalue weighted by Crippen LogP contribution is 2.23. The maximum absolute atomic E-state index is 12.7. The number of aromatic nitrogens is 2. The second kappa shape index (κ2) is 10.3. The first-order valence-electron chi connectivity index (χ1n) is 11.3. The molecule has 1 aliphatic heterocycles. The topological polar surface area (TPSA) is 84.9 Å². The second-order valence-corrected chi connectivity index (χ2v) is 8.21. The van der Waals surface area contributed by atoms with Gasteiger partial charge in [0.25, 0.3) is 0 Å². The Morgan fingerprint density at radius 2 is 2.03 bits per heavy atom. The number of rotatable bonds is 8. The lowest BCUT2D eigenvalue weighted by atomic mass is 10.1. The van der Waals surface area contributed by atoms with E-state index in [0.717, 1.165) is 24.1 Å². The van der Waals surface area contributed by atoms with Gasteiger partial charge in [-0.3, -0.25) is 14.7 Å². The molecular formula is C26H28N4O4. The van der Waals surface area contributed by atoms with E-state index in [1.807, 2.05) is 30.3 Å². The fourth-order valence-electron chi connectivity index (χ4n) is 3.92. The number of cyclic esters (lactones) is 1. The largest absolute Gasteiger partial charge is 0.481 e. The summed E-state index contributed by atoms with van der Waals surface area (Å²) in [5.41, 5.74) is 4.16. The minimum atomic E-state index is -0.405. The average Bonchev–Trinajstić information content (AvgIpc) is 3.22. The molecule has 3 aromatic rings. The van der Waals surface area contributed by atoms with Crippen LogP contribution in [0.25, 0.3) is 17.1 Å². The van der Waals surface area contributed by atoms with Gasteiger partial charge in [-0.15, -0.1) is 0 Å². The van der Waals surface area contributed by atoms with Crippen LogP contribution in [-0.4, -0.2) is 60.2 Å². The quantitative estimate of drug-likeness (QED) is 0.471. The van der Waals surface area contributed by atoms with Crippen molar-refractivity contribution in [2.45, 2.75) is 25.9 Å². The summed E-state index contributed by atoms with van der Waals surface area (Å²) >= 11 is 0. The van der Waals surface area contributed by atoms with Gasteiger partial charge in [0, 0.05) is 36.6 Å². The zero-order valence-electron chi connectivity index (χ0n) is 19.6. The summed E-state index contributed by atoms with van der Waals surface area (Å²) in [7, 11) is 3.24. The molecule has 176 valence electrons. The lowest BCUT2D eigenvalue weighted by Gasteiger charge is -2.18. The van der Waals surface area contributed by atoms with Gasteiger partial charge in [-0.25, -0.2) is 9.78 Å². The van der Waals surface area contributed by atoms with Gasteiger partial charge in [-0.05, 0) is 42.3 Å².